The average Bonchev–Trinajstić information content (AvgIpc) is 2.98. The van der Waals surface area contributed by atoms with E-state index < -0.39 is 4.92 Å². The molecular formula is C16H11ClN2O4. The Kier molecular flexibility index (Phi) is 4.10. The number of aliphatic hydroxyl groups excluding tert-OH is 1. The van der Waals surface area contributed by atoms with Gasteiger partial charge in [-0.3, -0.25) is 10.1 Å². The summed E-state index contributed by atoms with van der Waals surface area (Å²) in [4.78, 5) is 10.7. The molecule has 3 aromatic rings. The molecule has 0 saturated carbocycles. The minimum absolute atomic E-state index is 0.110. The van der Waals surface area contributed by atoms with Crippen LogP contribution in [0, 0.1) is 10.1 Å². The Labute approximate surface area is 136 Å². The molecule has 1 N–H and O–H groups in total. The van der Waals surface area contributed by atoms with Crippen LogP contribution in [-0.4, -0.2) is 15.2 Å². The van der Waals surface area contributed by atoms with E-state index in [2.05, 4.69) is 5.16 Å². The molecule has 3 rings (SSSR count). The first-order chi connectivity index (χ1) is 11.1. The zero-order valence-electron chi connectivity index (χ0n) is 11.8. The highest BCUT2D eigenvalue weighted by Crippen LogP contribution is 2.38. The van der Waals surface area contributed by atoms with Crippen molar-refractivity contribution in [1.29, 1.82) is 0 Å². The Morgan fingerprint density at radius 1 is 1.13 bits per heavy atom. The van der Waals surface area contributed by atoms with Crippen LogP contribution >= 0.6 is 11.6 Å². The van der Waals surface area contributed by atoms with E-state index in [1.54, 1.807) is 42.5 Å². The van der Waals surface area contributed by atoms with Gasteiger partial charge in [0.15, 0.2) is 5.76 Å². The standard InChI is InChI=1S/C16H11ClN2O4/c17-13-7-3-1-5-10(13)16-12(9-20)15(18-23-16)11-6-2-4-8-14(11)19(21)22/h1-8,20H,9H2. The maximum atomic E-state index is 11.2. The molecule has 23 heavy (non-hydrogen) atoms. The molecule has 6 nitrogen and oxygen atoms in total. The molecule has 0 aliphatic rings. The van der Waals surface area contributed by atoms with Gasteiger partial charge in [0.05, 0.1) is 27.7 Å². The smallest absolute Gasteiger partial charge is 0.278 e. The number of hydrogen-bond donors (Lipinski definition) is 1. The van der Waals surface area contributed by atoms with Crippen molar-refractivity contribution >= 4 is 17.3 Å². The Hall–Kier alpha value is -2.70. The number of nitro groups is 1. The number of nitrogens with zero attached hydrogens (tertiary/aromatic N) is 2. The number of para-hydroxylation sites is 1. The summed E-state index contributed by atoms with van der Waals surface area (Å²) in [5, 5.41) is 25.3. The van der Waals surface area contributed by atoms with E-state index in [0.29, 0.717) is 21.9 Å². The van der Waals surface area contributed by atoms with Crippen LogP contribution in [0.4, 0.5) is 5.69 Å². The molecule has 0 unspecified atom stereocenters. The Bertz CT molecular complexity index is 876. The van der Waals surface area contributed by atoms with Crippen molar-refractivity contribution in [3.05, 3.63) is 69.2 Å². The van der Waals surface area contributed by atoms with Crippen molar-refractivity contribution in [1.82, 2.24) is 5.16 Å². The van der Waals surface area contributed by atoms with Crippen LogP contribution < -0.4 is 0 Å². The number of benzene rings is 2. The van der Waals surface area contributed by atoms with E-state index in [9.17, 15) is 15.2 Å². The molecule has 0 spiro atoms. The molecular weight excluding hydrogens is 320 g/mol. The van der Waals surface area contributed by atoms with Crippen LogP contribution in [0.2, 0.25) is 5.02 Å². The van der Waals surface area contributed by atoms with Gasteiger partial charge < -0.3 is 9.63 Å². The maximum Gasteiger partial charge on any atom is 0.278 e. The highest BCUT2D eigenvalue weighted by atomic mass is 35.5. The molecule has 0 aliphatic heterocycles. The Morgan fingerprint density at radius 2 is 1.78 bits per heavy atom. The first-order valence-electron chi connectivity index (χ1n) is 6.71. The van der Waals surface area contributed by atoms with E-state index in [4.69, 9.17) is 16.1 Å². The second-order valence-corrected chi connectivity index (χ2v) is 5.16. The molecule has 0 radical (unpaired) electrons. The predicted octanol–water partition coefficient (Wildman–Crippen LogP) is 4.06. The summed E-state index contributed by atoms with van der Waals surface area (Å²) in [5.74, 6) is 0.297. The fraction of sp³-hybridized carbons (Fsp3) is 0.0625. The third kappa shape index (κ3) is 2.69. The van der Waals surface area contributed by atoms with Crippen molar-refractivity contribution in [2.24, 2.45) is 0 Å². The van der Waals surface area contributed by atoms with Crippen LogP contribution in [0.25, 0.3) is 22.6 Å². The number of rotatable bonds is 4. The number of aromatic nitrogens is 1. The third-order valence-corrected chi connectivity index (χ3v) is 3.75. The molecule has 2 aromatic carbocycles. The van der Waals surface area contributed by atoms with Gasteiger partial charge in [0.1, 0.15) is 5.69 Å². The molecule has 0 aliphatic carbocycles. The lowest BCUT2D eigenvalue weighted by molar-refractivity contribution is -0.384. The van der Waals surface area contributed by atoms with Crippen LogP contribution in [0.1, 0.15) is 5.56 Å². The van der Waals surface area contributed by atoms with Crippen molar-refractivity contribution in [2.75, 3.05) is 0 Å². The third-order valence-electron chi connectivity index (χ3n) is 3.42. The van der Waals surface area contributed by atoms with Gasteiger partial charge in [-0.1, -0.05) is 41.0 Å². The Balaban J connectivity index is 2.21. The van der Waals surface area contributed by atoms with Gasteiger partial charge in [-0.15, -0.1) is 0 Å². The average molecular weight is 331 g/mol. The summed E-state index contributed by atoms with van der Waals surface area (Å²) < 4.78 is 5.33. The van der Waals surface area contributed by atoms with Crippen molar-refractivity contribution in [3.63, 3.8) is 0 Å². The highest BCUT2D eigenvalue weighted by Gasteiger charge is 2.24. The SMILES string of the molecule is O=[N+]([O-])c1ccccc1-c1noc(-c2ccccc2Cl)c1CO. The maximum absolute atomic E-state index is 11.2. The van der Waals surface area contributed by atoms with E-state index >= 15 is 0 Å². The van der Waals surface area contributed by atoms with Gasteiger partial charge in [0.25, 0.3) is 5.69 Å². The minimum Gasteiger partial charge on any atom is -0.391 e. The van der Waals surface area contributed by atoms with Gasteiger partial charge in [0.2, 0.25) is 0 Å². The van der Waals surface area contributed by atoms with Gasteiger partial charge in [-0.2, -0.15) is 0 Å². The van der Waals surface area contributed by atoms with Crippen molar-refractivity contribution in [3.8, 4) is 22.6 Å². The molecule has 7 heteroatoms. The highest BCUT2D eigenvalue weighted by molar-refractivity contribution is 6.33. The zero-order valence-corrected chi connectivity index (χ0v) is 12.5. The van der Waals surface area contributed by atoms with E-state index in [1.807, 2.05) is 0 Å². The molecule has 0 atom stereocenters. The Morgan fingerprint density at radius 3 is 2.43 bits per heavy atom. The second kappa shape index (κ2) is 6.20. The summed E-state index contributed by atoms with van der Waals surface area (Å²) in [5.41, 5.74) is 1.32. The van der Waals surface area contributed by atoms with E-state index in [-0.39, 0.29) is 23.6 Å². The summed E-state index contributed by atoms with van der Waals surface area (Å²) in [6.07, 6.45) is 0. The lowest BCUT2D eigenvalue weighted by atomic mass is 10.0. The van der Waals surface area contributed by atoms with Crippen molar-refractivity contribution in [2.45, 2.75) is 6.61 Å². The molecule has 1 aromatic heterocycles. The summed E-state index contributed by atoms with van der Waals surface area (Å²) in [7, 11) is 0. The van der Waals surface area contributed by atoms with Gasteiger partial charge in [0, 0.05) is 11.6 Å². The normalized spacial score (nSPS) is 10.7. The summed E-state index contributed by atoms with van der Waals surface area (Å²) >= 11 is 6.15. The second-order valence-electron chi connectivity index (χ2n) is 4.75. The number of halogens is 1. The fourth-order valence-electron chi connectivity index (χ4n) is 2.36. The van der Waals surface area contributed by atoms with E-state index in [0.717, 1.165) is 0 Å². The fourth-order valence-corrected chi connectivity index (χ4v) is 2.58. The molecule has 0 saturated heterocycles. The minimum atomic E-state index is -0.500. The first kappa shape index (κ1) is 15.2. The lowest BCUT2D eigenvalue weighted by Crippen LogP contribution is -1.95. The number of aliphatic hydroxyl groups is 1. The monoisotopic (exact) mass is 330 g/mol. The van der Waals surface area contributed by atoms with Gasteiger partial charge >= 0.3 is 0 Å². The summed E-state index contributed by atoms with van der Waals surface area (Å²) in [6, 6.07) is 13.1. The number of hydrogen-bond acceptors (Lipinski definition) is 5. The summed E-state index contributed by atoms with van der Waals surface area (Å²) in [6.45, 7) is -0.383. The molecule has 0 bridgehead atoms. The predicted molar refractivity (Wildman–Crippen MR) is 85.0 cm³/mol. The largest absolute Gasteiger partial charge is 0.391 e. The van der Waals surface area contributed by atoms with Gasteiger partial charge in [-0.25, -0.2) is 0 Å². The van der Waals surface area contributed by atoms with Gasteiger partial charge in [-0.05, 0) is 18.2 Å². The molecule has 116 valence electrons. The zero-order chi connectivity index (χ0) is 16.4. The van der Waals surface area contributed by atoms with Crippen molar-refractivity contribution < 1.29 is 14.6 Å². The lowest BCUT2D eigenvalue weighted by Gasteiger charge is -2.03. The van der Waals surface area contributed by atoms with E-state index in [1.165, 1.54) is 6.07 Å². The van der Waals surface area contributed by atoms with Crippen LogP contribution in [0.5, 0.6) is 0 Å². The van der Waals surface area contributed by atoms with Crippen LogP contribution in [0.15, 0.2) is 53.1 Å². The van der Waals surface area contributed by atoms with Crippen LogP contribution in [-0.2, 0) is 6.61 Å². The molecule has 0 fully saturated rings. The first-order valence-corrected chi connectivity index (χ1v) is 7.09. The molecule has 0 amide bonds. The topological polar surface area (TPSA) is 89.4 Å². The quantitative estimate of drug-likeness (QED) is 0.575. The molecule has 1 heterocycles. The van der Waals surface area contributed by atoms with Crippen LogP contribution in [0.3, 0.4) is 0 Å². The number of nitro benzene ring substituents is 1.